The summed E-state index contributed by atoms with van der Waals surface area (Å²) in [6, 6.07) is 15.6. The third kappa shape index (κ3) is 13.0. The molecule has 0 unspecified atom stereocenters. The molecule has 2 aromatic rings. The number of benzene rings is 2. The Morgan fingerprint density at radius 2 is 1.67 bits per heavy atom. The Morgan fingerprint density at radius 1 is 0.949 bits per heavy atom. The maximum absolute atomic E-state index is 12.7. The van der Waals surface area contributed by atoms with Gasteiger partial charge in [0.2, 0.25) is 0 Å². The molecule has 11 heteroatoms. The van der Waals surface area contributed by atoms with Crippen molar-refractivity contribution in [3.05, 3.63) is 65.7 Å². The van der Waals surface area contributed by atoms with Crippen LogP contribution in [0.3, 0.4) is 0 Å². The summed E-state index contributed by atoms with van der Waals surface area (Å²) in [7, 11) is 2.80. The molecule has 0 saturated carbocycles. The molecule has 39 heavy (non-hydrogen) atoms. The molecule has 214 valence electrons. The number of ether oxygens (including phenoxy) is 3. The van der Waals surface area contributed by atoms with E-state index in [1.807, 2.05) is 69.3 Å². The number of carbonyl (C=O) groups excluding carboxylic acids is 3. The quantitative estimate of drug-likeness (QED) is 0.244. The summed E-state index contributed by atoms with van der Waals surface area (Å²) < 4.78 is 16.3. The van der Waals surface area contributed by atoms with Crippen LogP contribution in [0, 0.1) is 0 Å². The third-order valence-electron chi connectivity index (χ3n) is 5.23. The zero-order valence-electron chi connectivity index (χ0n) is 23.3. The highest BCUT2D eigenvalue weighted by Gasteiger charge is 2.26. The largest absolute Gasteiger partial charge is 0.491 e. The first kappa shape index (κ1) is 31.4. The highest BCUT2D eigenvalue weighted by Crippen LogP contribution is 2.14. The lowest BCUT2D eigenvalue weighted by atomic mass is 10.2. The van der Waals surface area contributed by atoms with Crippen LogP contribution in [0.5, 0.6) is 5.75 Å². The second kappa shape index (κ2) is 16.2. The van der Waals surface area contributed by atoms with Crippen LogP contribution in [-0.2, 0) is 32.3 Å². The van der Waals surface area contributed by atoms with Crippen molar-refractivity contribution in [2.75, 3.05) is 33.9 Å². The topological polar surface area (TPSA) is 127 Å². The van der Waals surface area contributed by atoms with Gasteiger partial charge in [-0.3, -0.25) is 9.63 Å². The first-order chi connectivity index (χ1) is 18.6. The number of nitrogens with zero attached hydrogens (tertiary/aromatic N) is 1. The van der Waals surface area contributed by atoms with Crippen LogP contribution >= 0.6 is 0 Å². The number of hydrogen-bond acceptors (Lipinski definition) is 8. The van der Waals surface area contributed by atoms with Gasteiger partial charge < -0.3 is 30.2 Å². The van der Waals surface area contributed by atoms with Gasteiger partial charge in [-0.05, 0) is 57.0 Å². The summed E-state index contributed by atoms with van der Waals surface area (Å²) in [4.78, 5) is 41.7. The minimum Gasteiger partial charge on any atom is -0.491 e. The Balaban J connectivity index is 1.81. The van der Waals surface area contributed by atoms with Gasteiger partial charge in [0.1, 0.15) is 30.6 Å². The fourth-order valence-corrected chi connectivity index (χ4v) is 3.27. The smallest absolute Gasteiger partial charge is 0.408 e. The average Bonchev–Trinajstić information content (AvgIpc) is 2.90. The normalized spacial score (nSPS) is 11.7. The molecule has 0 aliphatic rings. The average molecular weight is 545 g/mol. The molecule has 1 atom stereocenters. The van der Waals surface area contributed by atoms with Gasteiger partial charge in [0.25, 0.3) is 5.91 Å². The number of hydrogen-bond donors (Lipinski definition) is 3. The van der Waals surface area contributed by atoms with E-state index in [9.17, 15) is 14.4 Å². The monoisotopic (exact) mass is 544 g/mol. The van der Waals surface area contributed by atoms with Crippen molar-refractivity contribution in [2.45, 2.75) is 52.0 Å². The van der Waals surface area contributed by atoms with E-state index < -0.39 is 29.7 Å². The minimum absolute atomic E-state index is 0.0701. The molecule has 0 heterocycles. The molecule has 0 fully saturated rings. The van der Waals surface area contributed by atoms with Crippen molar-refractivity contribution in [2.24, 2.45) is 0 Å². The van der Waals surface area contributed by atoms with E-state index in [1.165, 1.54) is 14.2 Å². The molecular weight excluding hydrogens is 504 g/mol. The van der Waals surface area contributed by atoms with Crippen LogP contribution in [-0.4, -0.2) is 68.7 Å². The van der Waals surface area contributed by atoms with Crippen molar-refractivity contribution < 1.29 is 33.4 Å². The minimum atomic E-state index is -1.03. The van der Waals surface area contributed by atoms with Gasteiger partial charge in [0, 0.05) is 20.1 Å². The highest BCUT2D eigenvalue weighted by atomic mass is 16.7. The van der Waals surface area contributed by atoms with Crippen LogP contribution in [0.2, 0.25) is 0 Å². The van der Waals surface area contributed by atoms with Gasteiger partial charge in [-0.1, -0.05) is 42.5 Å². The first-order valence-corrected chi connectivity index (χ1v) is 12.8. The number of alkyl carbamates (subject to hydrolysis) is 2. The van der Waals surface area contributed by atoms with Crippen LogP contribution < -0.4 is 20.7 Å². The summed E-state index contributed by atoms with van der Waals surface area (Å²) in [5.41, 5.74) is 1.27. The number of carbonyl (C=O) groups is 3. The van der Waals surface area contributed by atoms with Gasteiger partial charge in [-0.2, -0.15) is 0 Å². The lowest BCUT2D eigenvalue weighted by molar-refractivity contribution is -0.171. The van der Waals surface area contributed by atoms with E-state index in [0.29, 0.717) is 25.4 Å². The molecule has 2 rings (SSSR count). The molecular formula is C28H40N4O7. The molecule has 0 spiro atoms. The molecule has 0 aliphatic carbocycles. The zero-order valence-corrected chi connectivity index (χ0v) is 23.3. The SMILES string of the molecule is CON(C)C(=O)[C@H](COc1cccc(CNCCCNC(=O)OC(C)(C)C)c1)NC(=O)OCc1ccccc1. The van der Waals surface area contributed by atoms with Gasteiger partial charge in [0.15, 0.2) is 0 Å². The molecule has 11 nitrogen and oxygen atoms in total. The van der Waals surface area contributed by atoms with E-state index >= 15 is 0 Å². The van der Waals surface area contributed by atoms with Crippen molar-refractivity contribution >= 4 is 18.1 Å². The van der Waals surface area contributed by atoms with E-state index in [4.69, 9.17) is 19.0 Å². The molecule has 3 N–H and O–H groups in total. The lowest BCUT2D eigenvalue weighted by Gasteiger charge is -2.23. The van der Waals surface area contributed by atoms with Crippen molar-refractivity contribution in [3.8, 4) is 5.75 Å². The standard InChI is InChI=1S/C28H40N4O7/c1-28(2,3)39-26(34)30-16-10-15-29-18-22-13-9-14-23(17-22)37-20-24(25(33)32(4)36-5)31-27(35)38-19-21-11-7-6-8-12-21/h6-9,11-14,17,24,29H,10,15-16,18-20H2,1-5H3,(H,30,34)(H,31,35)/t24-/m0/s1. The second-order valence-electron chi connectivity index (χ2n) is 9.69. The number of likely N-dealkylation sites (N-methyl/N-ethyl adjacent to an activating group) is 1. The Labute approximate surface area is 230 Å². The Kier molecular flexibility index (Phi) is 13.0. The van der Waals surface area contributed by atoms with E-state index in [0.717, 1.165) is 22.6 Å². The molecule has 0 aromatic heterocycles. The van der Waals surface area contributed by atoms with Crippen molar-refractivity contribution in [3.63, 3.8) is 0 Å². The lowest BCUT2D eigenvalue weighted by Crippen LogP contribution is -2.50. The summed E-state index contributed by atoms with van der Waals surface area (Å²) >= 11 is 0. The summed E-state index contributed by atoms with van der Waals surface area (Å²) in [6.07, 6.45) is -0.442. The van der Waals surface area contributed by atoms with Crippen molar-refractivity contribution in [1.29, 1.82) is 0 Å². The number of hydroxylamine groups is 2. The fraction of sp³-hybridized carbons (Fsp3) is 0.464. The molecule has 0 radical (unpaired) electrons. The first-order valence-electron chi connectivity index (χ1n) is 12.8. The van der Waals surface area contributed by atoms with Gasteiger partial charge in [-0.25, -0.2) is 14.7 Å². The number of amides is 3. The van der Waals surface area contributed by atoms with Crippen LogP contribution in [0.4, 0.5) is 9.59 Å². The molecule has 0 aliphatic heterocycles. The van der Waals surface area contributed by atoms with Gasteiger partial charge in [-0.15, -0.1) is 0 Å². The van der Waals surface area contributed by atoms with Crippen LogP contribution in [0.1, 0.15) is 38.3 Å². The maximum atomic E-state index is 12.7. The highest BCUT2D eigenvalue weighted by molar-refractivity contribution is 5.85. The van der Waals surface area contributed by atoms with E-state index in [2.05, 4.69) is 16.0 Å². The fourth-order valence-electron chi connectivity index (χ4n) is 3.27. The molecule has 0 saturated heterocycles. The predicted octanol–water partition coefficient (Wildman–Crippen LogP) is 3.38. The van der Waals surface area contributed by atoms with E-state index in [-0.39, 0.29) is 13.2 Å². The Morgan fingerprint density at radius 3 is 2.36 bits per heavy atom. The molecule has 0 bridgehead atoms. The second-order valence-corrected chi connectivity index (χ2v) is 9.69. The Hall–Kier alpha value is -3.83. The Bertz CT molecular complexity index is 1040. The third-order valence-corrected chi connectivity index (χ3v) is 5.23. The number of nitrogens with one attached hydrogen (secondary N) is 3. The number of rotatable bonds is 14. The summed E-state index contributed by atoms with van der Waals surface area (Å²) in [5, 5.41) is 9.61. The predicted molar refractivity (Wildman–Crippen MR) is 146 cm³/mol. The van der Waals surface area contributed by atoms with Crippen LogP contribution in [0.15, 0.2) is 54.6 Å². The summed E-state index contributed by atoms with van der Waals surface area (Å²) in [6.45, 7) is 7.18. The molecule has 3 amide bonds. The van der Waals surface area contributed by atoms with E-state index in [1.54, 1.807) is 6.07 Å². The molecule has 2 aromatic carbocycles. The summed E-state index contributed by atoms with van der Waals surface area (Å²) in [5.74, 6) is 0.0465. The van der Waals surface area contributed by atoms with Gasteiger partial charge >= 0.3 is 12.2 Å². The zero-order chi connectivity index (χ0) is 28.7. The maximum Gasteiger partial charge on any atom is 0.408 e. The van der Waals surface area contributed by atoms with Gasteiger partial charge in [0.05, 0.1) is 7.11 Å². The van der Waals surface area contributed by atoms with Crippen LogP contribution in [0.25, 0.3) is 0 Å². The van der Waals surface area contributed by atoms with Crippen molar-refractivity contribution in [1.82, 2.24) is 21.0 Å².